The van der Waals surface area contributed by atoms with Crippen LogP contribution in [0.15, 0.2) is 29.3 Å². The Morgan fingerprint density at radius 2 is 2.13 bits per heavy atom. The number of aromatic nitrogens is 1. The lowest BCUT2D eigenvalue weighted by Gasteiger charge is -2.37. The molecule has 0 bridgehead atoms. The van der Waals surface area contributed by atoms with E-state index in [1.54, 1.807) is 18.2 Å². The van der Waals surface area contributed by atoms with Crippen LogP contribution in [0.4, 0.5) is 5.69 Å². The van der Waals surface area contributed by atoms with E-state index in [4.69, 9.17) is 14.5 Å². The normalized spacial score (nSPS) is 17.0. The maximum Gasteiger partial charge on any atom is 0.234 e. The third-order valence-electron chi connectivity index (χ3n) is 6.49. The van der Waals surface area contributed by atoms with Gasteiger partial charge in [0.05, 0.1) is 11.3 Å². The second kappa shape index (κ2) is 8.80. The number of carbonyl (C=O) groups excluding carboxylic acids is 1. The molecule has 6 nitrogen and oxygen atoms in total. The van der Waals surface area contributed by atoms with Crippen molar-refractivity contribution < 1.29 is 14.3 Å². The Bertz CT molecular complexity index is 1050. The summed E-state index contributed by atoms with van der Waals surface area (Å²) in [6, 6.07) is 9.56. The number of hydrogen-bond donors (Lipinski definition) is 1. The van der Waals surface area contributed by atoms with E-state index in [1.807, 2.05) is 6.07 Å². The van der Waals surface area contributed by atoms with Gasteiger partial charge in [-0.2, -0.15) is 5.26 Å². The Balaban J connectivity index is 1.42. The van der Waals surface area contributed by atoms with E-state index in [0.29, 0.717) is 33.7 Å². The molecule has 1 aromatic heterocycles. The van der Waals surface area contributed by atoms with Crippen molar-refractivity contribution in [2.24, 2.45) is 11.3 Å². The highest BCUT2D eigenvalue weighted by Gasteiger charge is 2.32. The fourth-order valence-corrected chi connectivity index (χ4v) is 4.87. The average Bonchev–Trinajstić information content (AvgIpc) is 3.24. The number of thioether (sulfide) groups is 1. The van der Waals surface area contributed by atoms with Crippen molar-refractivity contribution in [1.82, 2.24) is 4.98 Å². The lowest BCUT2D eigenvalue weighted by atomic mass is 9.69. The van der Waals surface area contributed by atoms with E-state index < -0.39 is 0 Å². The zero-order chi connectivity index (χ0) is 22.0. The van der Waals surface area contributed by atoms with E-state index in [-0.39, 0.29) is 23.9 Å². The molecule has 0 saturated heterocycles. The largest absolute Gasteiger partial charge is 0.454 e. The van der Waals surface area contributed by atoms with Crippen LogP contribution in [0.3, 0.4) is 0 Å². The predicted molar refractivity (Wildman–Crippen MR) is 120 cm³/mol. The molecular weight excluding hydrogens is 410 g/mol. The number of carbonyl (C=O) groups is 1. The van der Waals surface area contributed by atoms with Crippen LogP contribution in [0.25, 0.3) is 0 Å². The topological polar surface area (TPSA) is 84.2 Å². The molecule has 4 rings (SSSR count). The molecule has 0 saturated carbocycles. The number of amides is 1. The Morgan fingerprint density at radius 1 is 1.32 bits per heavy atom. The van der Waals surface area contributed by atoms with Gasteiger partial charge in [-0.25, -0.2) is 4.98 Å². The molecule has 162 valence electrons. The van der Waals surface area contributed by atoms with Gasteiger partial charge in [-0.15, -0.1) is 0 Å². The van der Waals surface area contributed by atoms with Gasteiger partial charge < -0.3 is 14.8 Å². The Morgan fingerprint density at radius 3 is 2.90 bits per heavy atom. The van der Waals surface area contributed by atoms with Gasteiger partial charge in [-0.3, -0.25) is 4.79 Å². The maximum absolute atomic E-state index is 12.4. The summed E-state index contributed by atoms with van der Waals surface area (Å²) in [7, 11) is 0. The monoisotopic (exact) mass is 437 g/mol. The number of hydrogen-bond acceptors (Lipinski definition) is 6. The molecular formula is C24H27N3O3S. The summed E-state index contributed by atoms with van der Waals surface area (Å²) < 4.78 is 10.6. The number of ether oxygens (including phenoxy) is 2. The Labute approximate surface area is 187 Å². The van der Waals surface area contributed by atoms with Crippen LogP contribution in [0.5, 0.6) is 11.5 Å². The van der Waals surface area contributed by atoms with E-state index in [1.165, 1.54) is 17.3 Å². The summed E-state index contributed by atoms with van der Waals surface area (Å²) in [6.07, 6.45) is 4.14. The van der Waals surface area contributed by atoms with Crippen molar-refractivity contribution in [3.63, 3.8) is 0 Å². The van der Waals surface area contributed by atoms with E-state index in [9.17, 15) is 10.1 Å². The standard InChI is InChI=1S/C24H27N3O3S/c1-4-24(2,3)17-5-7-19-15(10-17)9-16(12-25)23(27-19)31-13-22(28)26-18-6-8-20-21(11-18)30-14-29-20/h6,8-9,11,17H,4-5,7,10,13-14H2,1-3H3,(H,26,28). The summed E-state index contributed by atoms with van der Waals surface area (Å²) in [5.74, 6) is 1.92. The van der Waals surface area contributed by atoms with E-state index >= 15 is 0 Å². The lowest BCUT2D eigenvalue weighted by molar-refractivity contribution is -0.113. The molecule has 7 heteroatoms. The molecule has 1 amide bonds. The molecule has 1 unspecified atom stereocenters. The quantitative estimate of drug-likeness (QED) is 0.644. The fraction of sp³-hybridized carbons (Fsp3) is 0.458. The number of benzene rings is 1. The molecule has 2 aromatic rings. The van der Waals surface area contributed by atoms with Crippen LogP contribution in [0.2, 0.25) is 0 Å². The first kappa shape index (κ1) is 21.5. The molecule has 0 fully saturated rings. The van der Waals surface area contributed by atoms with Gasteiger partial charge in [0.15, 0.2) is 11.5 Å². The number of nitriles is 1. The third-order valence-corrected chi connectivity index (χ3v) is 7.48. The van der Waals surface area contributed by atoms with Crippen molar-refractivity contribution >= 4 is 23.4 Å². The van der Waals surface area contributed by atoms with Gasteiger partial charge in [-0.05, 0) is 54.4 Å². The Hall–Kier alpha value is -2.72. The number of anilines is 1. The summed E-state index contributed by atoms with van der Waals surface area (Å²) in [5.41, 5.74) is 3.74. The molecule has 1 aromatic carbocycles. The van der Waals surface area contributed by atoms with Crippen LogP contribution in [0.1, 0.15) is 50.4 Å². The minimum absolute atomic E-state index is 0.156. The molecule has 1 N–H and O–H groups in total. The average molecular weight is 438 g/mol. The summed E-state index contributed by atoms with van der Waals surface area (Å²) >= 11 is 1.31. The van der Waals surface area contributed by atoms with Crippen LogP contribution < -0.4 is 14.8 Å². The molecule has 1 aliphatic carbocycles. The number of pyridine rings is 1. The first-order chi connectivity index (χ1) is 14.9. The van der Waals surface area contributed by atoms with E-state index in [2.05, 4.69) is 32.2 Å². The zero-order valence-corrected chi connectivity index (χ0v) is 19.0. The highest BCUT2D eigenvalue weighted by molar-refractivity contribution is 8.00. The van der Waals surface area contributed by atoms with Crippen LogP contribution in [0, 0.1) is 22.7 Å². The molecule has 0 spiro atoms. The van der Waals surface area contributed by atoms with Gasteiger partial charge in [0, 0.05) is 17.4 Å². The number of fused-ring (bicyclic) bond motifs is 2. The number of nitrogens with zero attached hydrogens (tertiary/aromatic N) is 2. The summed E-state index contributed by atoms with van der Waals surface area (Å²) in [5, 5.41) is 13.2. The maximum atomic E-state index is 12.4. The lowest BCUT2D eigenvalue weighted by Crippen LogP contribution is -2.29. The number of rotatable bonds is 6. The second-order valence-electron chi connectivity index (χ2n) is 8.75. The first-order valence-corrected chi connectivity index (χ1v) is 11.6. The van der Waals surface area contributed by atoms with Gasteiger partial charge in [0.1, 0.15) is 11.1 Å². The minimum atomic E-state index is -0.156. The Kier molecular flexibility index (Phi) is 6.10. The van der Waals surface area contributed by atoms with Crippen molar-refractivity contribution in [2.75, 3.05) is 17.9 Å². The summed E-state index contributed by atoms with van der Waals surface area (Å²) in [6.45, 7) is 7.08. The van der Waals surface area contributed by atoms with E-state index in [0.717, 1.165) is 31.4 Å². The predicted octanol–water partition coefficient (Wildman–Crippen LogP) is 4.95. The minimum Gasteiger partial charge on any atom is -0.454 e. The van der Waals surface area contributed by atoms with Crippen LogP contribution >= 0.6 is 11.8 Å². The smallest absolute Gasteiger partial charge is 0.234 e. The third kappa shape index (κ3) is 4.64. The van der Waals surface area contributed by atoms with Crippen molar-refractivity contribution in [3.8, 4) is 17.6 Å². The molecule has 2 aliphatic rings. The SMILES string of the molecule is CCC(C)(C)C1CCc2nc(SCC(=O)Nc3ccc4c(c3)OCO4)c(C#N)cc2C1. The fourth-order valence-electron chi connectivity index (χ4n) is 4.10. The van der Waals surface area contributed by atoms with Gasteiger partial charge >= 0.3 is 0 Å². The zero-order valence-electron chi connectivity index (χ0n) is 18.2. The summed E-state index contributed by atoms with van der Waals surface area (Å²) in [4.78, 5) is 17.2. The first-order valence-electron chi connectivity index (χ1n) is 10.6. The molecule has 31 heavy (non-hydrogen) atoms. The van der Waals surface area contributed by atoms with Crippen molar-refractivity contribution in [1.29, 1.82) is 5.26 Å². The van der Waals surface area contributed by atoms with Crippen molar-refractivity contribution in [3.05, 3.63) is 41.1 Å². The highest BCUT2D eigenvalue weighted by atomic mass is 32.2. The van der Waals surface area contributed by atoms with Gasteiger partial charge in [0.2, 0.25) is 12.7 Å². The van der Waals surface area contributed by atoms with Crippen LogP contribution in [-0.4, -0.2) is 23.4 Å². The molecule has 0 radical (unpaired) electrons. The number of aryl methyl sites for hydroxylation is 1. The number of nitrogens with one attached hydrogen (secondary N) is 1. The molecule has 1 aliphatic heterocycles. The van der Waals surface area contributed by atoms with Gasteiger partial charge in [0.25, 0.3) is 0 Å². The van der Waals surface area contributed by atoms with Gasteiger partial charge in [-0.1, -0.05) is 39.0 Å². The highest BCUT2D eigenvalue weighted by Crippen LogP contribution is 2.40. The molecule has 2 heterocycles. The molecule has 1 atom stereocenters. The van der Waals surface area contributed by atoms with Crippen LogP contribution in [-0.2, 0) is 17.6 Å². The second-order valence-corrected chi connectivity index (χ2v) is 9.71. The van der Waals surface area contributed by atoms with Crippen molar-refractivity contribution in [2.45, 2.75) is 51.5 Å².